The highest BCUT2D eigenvalue weighted by molar-refractivity contribution is 5.45. The van der Waals surface area contributed by atoms with E-state index in [2.05, 4.69) is 60.6 Å². The lowest BCUT2D eigenvalue weighted by atomic mass is 9.35. The lowest BCUT2D eigenvalue weighted by Gasteiger charge is -2.69. The average molecular weight is 765 g/mol. The number of hydrogen-bond donors (Lipinski definition) is 8. The maximum atomic E-state index is 11.3. The van der Waals surface area contributed by atoms with Crippen molar-refractivity contribution in [3.8, 4) is 0 Å². The number of aliphatic hydroxyl groups is 8. The van der Waals surface area contributed by atoms with Gasteiger partial charge < -0.3 is 59.8 Å². The zero-order chi connectivity index (χ0) is 39.4. The van der Waals surface area contributed by atoms with Crippen molar-refractivity contribution in [1.82, 2.24) is 0 Å². The van der Waals surface area contributed by atoms with Gasteiger partial charge in [0.25, 0.3) is 0 Å². The Balaban J connectivity index is 1.16. The Bertz CT molecular complexity index is 1470. The predicted molar refractivity (Wildman–Crippen MR) is 197 cm³/mol. The number of rotatable bonds is 7. The van der Waals surface area contributed by atoms with Crippen LogP contribution in [0.2, 0.25) is 0 Å². The summed E-state index contributed by atoms with van der Waals surface area (Å²) in [6.45, 7) is 15.7. The molecule has 0 radical (unpaired) electrons. The van der Waals surface area contributed by atoms with Crippen LogP contribution in [0.4, 0.5) is 0 Å². The first kappa shape index (κ1) is 41.2. The van der Waals surface area contributed by atoms with Crippen LogP contribution >= 0.6 is 0 Å². The molecule has 0 unspecified atom stereocenters. The number of fused-ring (bicyclic) bond motifs is 6. The van der Waals surface area contributed by atoms with Crippen molar-refractivity contribution in [3.63, 3.8) is 0 Å². The van der Waals surface area contributed by atoms with Crippen LogP contribution in [0.3, 0.4) is 0 Å². The molecule has 2 saturated heterocycles. The molecule has 0 aromatic rings. The standard InChI is InChI=1S/C42H68O12/c1-37(2)26-10-13-42(7)27(9-8-22-23-18-38(3,21-45)14-15-39(23,4)16-17-41(22,42)6)40(26,5)12-11-28(37)53-36-34(32(49)30(47)25(20-44)52-36)54-35-33(50)31(48)29(46)24(19-43)51-35/h8-9,24-36,43-50H,10-21H2,1-7H3/t24-,25-,26+,27-,28+,29-,30-,31+,32+,33-,34-,35+,36+,38+,39-,40+,41-,42-/m1/s1. The summed E-state index contributed by atoms with van der Waals surface area (Å²) in [7, 11) is 0. The van der Waals surface area contributed by atoms with E-state index in [9.17, 15) is 40.9 Å². The van der Waals surface area contributed by atoms with Crippen molar-refractivity contribution in [1.29, 1.82) is 0 Å². The second kappa shape index (κ2) is 14.1. The Morgan fingerprint density at radius 2 is 1.31 bits per heavy atom. The van der Waals surface area contributed by atoms with E-state index < -0.39 is 74.6 Å². The molecule has 5 fully saturated rings. The van der Waals surface area contributed by atoms with Crippen LogP contribution in [0.5, 0.6) is 0 Å². The van der Waals surface area contributed by atoms with E-state index in [4.69, 9.17) is 18.9 Å². The third-order valence-corrected chi connectivity index (χ3v) is 16.9. The molecule has 0 bridgehead atoms. The first-order valence-corrected chi connectivity index (χ1v) is 20.5. The first-order chi connectivity index (χ1) is 25.2. The summed E-state index contributed by atoms with van der Waals surface area (Å²) in [6, 6.07) is 0. The number of aliphatic hydroxyl groups excluding tert-OH is 8. The van der Waals surface area contributed by atoms with Crippen LogP contribution in [0.25, 0.3) is 0 Å². The Labute approximate surface area is 320 Å². The third kappa shape index (κ3) is 6.06. The van der Waals surface area contributed by atoms with Crippen LogP contribution < -0.4 is 0 Å². The van der Waals surface area contributed by atoms with Gasteiger partial charge in [0.2, 0.25) is 0 Å². The third-order valence-electron chi connectivity index (χ3n) is 16.9. The Hall–Kier alpha value is -1.00. The molecule has 0 aromatic heterocycles. The largest absolute Gasteiger partial charge is 0.396 e. The SMILES string of the molecule is CC1(C)[C@@H](O[C@@H]2O[C@H](CO)[C@@H](O)[C@H](O)[C@H]2O[C@@H]2O[C@H](CO)[C@@H](O)[C@H](O)[C@H]2O)CC[C@]2(C)[C@H]3C=CC4=C5C[C@@](C)(CO)CC[C@]5(C)CC[C@@]4(C)[C@]3(C)CC[C@@H]12. The van der Waals surface area contributed by atoms with Crippen LogP contribution in [0, 0.1) is 44.3 Å². The van der Waals surface area contributed by atoms with Gasteiger partial charge in [-0.2, -0.15) is 0 Å². The topological polar surface area (TPSA) is 199 Å². The molecule has 308 valence electrons. The van der Waals surface area contributed by atoms with Crippen molar-refractivity contribution in [2.75, 3.05) is 19.8 Å². The maximum Gasteiger partial charge on any atom is 0.187 e. The van der Waals surface area contributed by atoms with Gasteiger partial charge in [-0.05, 0) is 108 Å². The molecular formula is C42H68O12. The van der Waals surface area contributed by atoms with E-state index >= 15 is 0 Å². The minimum absolute atomic E-state index is 0.0155. The zero-order valence-corrected chi connectivity index (χ0v) is 33.4. The van der Waals surface area contributed by atoms with Gasteiger partial charge in [0.1, 0.15) is 48.8 Å². The highest BCUT2D eigenvalue weighted by atomic mass is 16.8. The molecule has 2 heterocycles. The monoisotopic (exact) mass is 764 g/mol. The van der Waals surface area contributed by atoms with Crippen LogP contribution in [-0.4, -0.2) is 128 Å². The lowest BCUT2D eigenvalue weighted by Crippen LogP contribution is -2.66. The van der Waals surface area contributed by atoms with E-state index in [0.717, 1.165) is 44.9 Å². The van der Waals surface area contributed by atoms with Crippen molar-refractivity contribution in [2.45, 2.75) is 174 Å². The normalized spacial score (nSPS) is 54.3. The summed E-state index contributed by atoms with van der Waals surface area (Å²) in [4.78, 5) is 0. The van der Waals surface area contributed by atoms with Gasteiger partial charge in [0.05, 0.1) is 19.3 Å². The second-order valence-corrected chi connectivity index (χ2v) is 20.3. The fourth-order valence-electron chi connectivity index (χ4n) is 12.9. The van der Waals surface area contributed by atoms with Gasteiger partial charge in [-0.1, -0.05) is 66.2 Å². The summed E-state index contributed by atoms with van der Waals surface area (Å²) in [6.07, 6.45) is -1.13. The summed E-state index contributed by atoms with van der Waals surface area (Å²) in [5.74, 6) is 0.600. The fraction of sp³-hybridized carbons (Fsp3) is 0.905. The molecule has 7 aliphatic rings. The van der Waals surface area contributed by atoms with Crippen molar-refractivity contribution in [3.05, 3.63) is 23.3 Å². The second-order valence-electron chi connectivity index (χ2n) is 20.3. The molecule has 0 spiro atoms. The van der Waals surface area contributed by atoms with Crippen LogP contribution in [-0.2, 0) is 18.9 Å². The van der Waals surface area contributed by atoms with Crippen molar-refractivity contribution >= 4 is 0 Å². The van der Waals surface area contributed by atoms with Gasteiger partial charge in [0.15, 0.2) is 12.6 Å². The van der Waals surface area contributed by atoms with E-state index in [1.165, 1.54) is 12.0 Å². The van der Waals surface area contributed by atoms with E-state index in [0.29, 0.717) is 12.3 Å². The summed E-state index contributed by atoms with van der Waals surface area (Å²) < 4.78 is 24.4. The molecular weight excluding hydrogens is 696 g/mol. The molecule has 12 nitrogen and oxygen atoms in total. The van der Waals surface area contributed by atoms with E-state index in [-0.39, 0.29) is 51.1 Å². The molecule has 54 heavy (non-hydrogen) atoms. The maximum absolute atomic E-state index is 11.3. The molecule has 2 aliphatic heterocycles. The Morgan fingerprint density at radius 1 is 0.685 bits per heavy atom. The van der Waals surface area contributed by atoms with Gasteiger partial charge in [0, 0.05) is 6.61 Å². The van der Waals surface area contributed by atoms with Gasteiger partial charge in [-0.15, -0.1) is 0 Å². The van der Waals surface area contributed by atoms with Gasteiger partial charge >= 0.3 is 0 Å². The van der Waals surface area contributed by atoms with Crippen molar-refractivity contribution in [2.24, 2.45) is 44.3 Å². The van der Waals surface area contributed by atoms with E-state index in [1.807, 2.05) is 0 Å². The Morgan fingerprint density at radius 3 is 1.96 bits per heavy atom. The molecule has 0 amide bonds. The molecule has 18 atom stereocenters. The zero-order valence-electron chi connectivity index (χ0n) is 33.4. The summed E-state index contributed by atoms with van der Waals surface area (Å²) in [5.41, 5.74) is 2.84. The molecule has 12 heteroatoms. The van der Waals surface area contributed by atoms with E-state index in [1.54, 1.807) is 5.57 Å². The average Bonchev–Trinajstić information content (AvgIpc) is 3.13. The van der Waals surface area contributed by atoms with Gasteiger partial charge in [-0.3, -0.25) is 0 Å². The highest BCUT2D eigenvalue weighted by Gasteiger charge is 2.67. The minimum atomic E-state index is -1.73. The number of hydrogen-bond acceptors (Lipinski definition) is 12. The van der Waals surface area contributed by atoms with Crippen LogP contribution in [0.15, 0.2) is 23.3 Å². The first-order valence-electron chi connectivity index (χ1n) is 20.5. The summed E-state index contributed by atoms with van der Waals surface area (Å²) >= 11 is 0. The molecule has 5 aliphatic carbocycles. The predicted octanol–water partition coefficient (Wildman–Crippen LogP) is 2.71. The van der Waals surface area contributed by atoms with Gasteiger partial charge in [-0.25, -0.2) is 0 Å². The minimum Gasteiger partial charge on any atom is -0.396 e. The molecule has 8 N–H and O–H groups in total. The quantitative estimate of drug-likeness (QED) is 0.177. The van der Waals surface area contributed by atoms with Crippen LogP contribution in [0.1, 0.15) is 106 Å². The molecule has 3 saturated carbocycles. The summed E-state index contributed by atoms with van der Waals surface area (Å²) in [5, 5.41) is 83.8. The fourth-order valence-corrected chi connectivity index (χ4v) is 12.9. The number of allylic oxidation sites excluding steroid dienone is 4. The molecule has 7 rings (SSSR count). The lowest BCUT2D eigenvalue weighted by molar-refractivity contribution is -0.378. The Kier molecular flexibility index (Phi) is 10.7. The number of ether oxygens (including phenoxy) is 4. The van der Waals surface area contributed by atoms with Crippen molar-refractivity contribution < 1.29 is 59.8 Å². The highest BCUT2D eigenvalue weighted by Crippen LogP contribution is 2.74. The smallest absolute Gasteiger partial charge is 0.187 e. The molecule has 0 aromatic carbocycles.